The fourth-order valence-corrected chi connectivity index (χ4v) is 11.5. The lowest BCUT2D eigenvalue weighted by Gasteiger charge is -2.23. The molecule has 13 aromatic rings. The maximum atomic E-state index is 2.48. The molecular formula is C62H47N. The minimum Gasteiger partial charge on any atom is -0.309 e. The van der Waals surface area contributed by atoms with Gasteiger partial charge in [-0.25, -0.2) is 0 Å². The molecule has 0 N–H and O–H groups in total. The molecule has 63 heavy (non-hydrogen) atoms. The number of para-hydroxylation sites is 1. The second-order valence-electron chi connectivity index (χ2n) is 20.1. The third kappa shape index (κ3) is 5.11. The molecule has 0 aliphatic carbocycles. The van der Waals surface area contributed by atoms with E-state index < -0.39 is 0 Å². The van der Waals surface area contributed by atoms with Crippen molar-refractivity contribution < 1.29 is 0 Å². The van der Waals surface area contributed by atoms with E-state index in [4.69, 9.17) is 0 Å². The summed E-state index contributed by atoms with van der Waals surface area (Å²) < 4.78 is 2.48. The molecule has 0 saturated carbocycles. The maximum Gasteiger partial charge on any atom is 0.0547 e. The van der Waals surface area contributed by atoms with Crippen LogP contribution in [0.4, 0.5) is 0 Å². The highest BCUT2D eigenvalue weighted by molar-refractivity contribution is 6.29. The van der Waals surface area contributed by atoms with Crippen LogP contribution in [0.3, 0.4) is 0 Å². The van der Waals surface area contributed by atoms with Crippen molar-refractivity contribution in [3.63, 3.8) is 0 Å². The summed E-state index contributed by atoms with van der Waals surface area (Å²) in [5.74, 6) is 0. The zero-order valence-electron chi connectivity index (χ0n) is 36.7. The van der Waals surface area contributed by atoms with Gasteiger partial charge in [-0.05, 0) is 144 Å². The standard InChI is InChI=1S/C62H47N/c1-61(2,3)52-32-22-38-17-26-47-42(24-15-36-19-28-49(52)58(38)56(36)47)40-21-30-51-55(35-40)63(41-11-8-7-9-12-41)54-34-31-45-43(13-10-14-46(45)60(51)54)44-25-16-37-20-29-50-53(62(4,5)6)33-23-39-18-27-48(44)57(37)59(39)50/h7-35H,1-6H3. The minimum absolute atomic E-state index is 0.0459. The molecule has 0 unspecified atom stereocenters. The van der Waals surface area contributed by atoms with Crippen molar-refractivity contribution in [2.24, 2.45) is 0 Å². The van der Waals surface area contributed by atoms with Crippen LogP contribution in [-0.4, -0.2) is 4.57 Å². The zero-order valence-corrected chi connectivity index (χ0v) is 36.7. The summed E-state index contributed by atoms with van der Waals surface area (Å²) in [7, 11) is 0. The first-order valence-electron chi connectivity index (χ1n) is 22.5. The van der Waals surface area contributed by atoms with Crippen molar-refractivity contribution in [1.82, 2.24) is 4.57 Å². The van der Waals surface area contributed by atoms with Crippen LogP contribution in [0.5, 0.6) is 0 Å². The Hall–Kier alpha value is -7.22. The number of benzene rings is 12. The third-order valence-electron chi connectivity index (χ3n) is 14.3. The van der Waals surface area contributed by atoms with Crippen LogP contribution < -0.4 is 0 Å². The first kappa shape index (κ1) is 36.4. The summed E-state index contributed by atoms with van der Waals surface area (Å²) in [5, 5.41) is 21.1. The van der Waals surface area contributed by atoms with E-state index >= 15 is 0 Å². The summed E-state index contributed by atoms with van der Waals surface area (Å²) in [6, 6.07) is 67.1. The Labute approximate surface area is 367 Å². The highest BCUT2D eigenvalue weighted by Gasteiger charge is 2.24. The van der Waals surface area contributed by atoms with Gasteiger partial charge < -0.3 is 4.57 Å². The van der Waals surface area contributed by atoms with Gasteiger partial charge in [0.25, 0.3) is 0 Å². The van der Waals surface area contributed by atoms with E-state index in [1.807, 2.05) is 0 Å². The van der Waals surface area contributed by atoms with E-state index in [1.54, 1.807) is 0 Å². The number of rotatable bonds is 3. The average molecular weight is 806 g/mol. The Balaban J connectivity index is 1.06. The summed E-state index contributed by atoms with van der Waals surface area (Å²) in [6.45, 7) is 13.9. The monoisotopic (exact) mass is 805 g/mol. The number of hydrogen-bond acceptors (Lipinski definition) is 0. The van der Waals surface area contributed by atoms with Gasteiger partial charge in [-0.3, -0.25) is 0 Å². The molecule has 13 rings (SSSR count). The quantitative estimate of drug-likeness (QED) is 0.157. The maximum absolute atomic E-state index is 2.48. The van der Waals surface area contributed by atoms with Crippen LogP contribution in [0.15, 0.2) is 176 Å². The number of nitrogens with zero attached hydrogens (tertiary/aromatic N) is 1. The van der Waals surface area contributed by atoms with Gasteiger partial charge >= 0.3 is 0 Å². The lowest BCUT2D eigenvalue weighted by molar-refractivity contribution is 0.596. The van der Waals surface area contributed by atoms with Gasteiger partial charge in [0, 0.05) is 16.5 Å². The fraction of sp³-hybridized carbons (Fsp3) is 0.129. The predicted molar refractivity (Wildman–Crippen MR) is 274 cm³/mol. The number of hydrogen-bond donors (Lipinski definition) is 0. The van der Waals surface area contributed by atoms with Crippen LogP contribution in [0.25, 0.3) is 125 Å². The van der Waals surface area contributed by atoms with Gasteiger partial charge in [0.1, 0.15) is 0 Å². The first-order chi connectivity index (χ1) is 30.5. The SMILES string of the molecule is CC(C)(C)c1ccc2ccc3c(-c4ccc5c6c7cccc(-c8ccc9ccc%10c(C(C)(C)C)ccc%11ccc8c9c%11%10)c7ccc6n(-c6ccccc6)c5c4)ccc4ccc1c2c43. The van der Waals surface area contributed by atoms with Crippen molar-refractivity contribution >= 4 is 97.2 Å². The lowest BCUT2D eigenvalue weighted by Crippen LogP contribution is -2.11. The van der Waals surface area contributed by atoms with Crippen molar-refractivity contribution in [2.75, 3.05) is 0 Å². The normalized spacial score (nSPS) is 12.9. The van der Waals surface area contributed by atoms with Crippen LogP contribution in [-0.2, 0) is 10.8 Å². The van der Waals surface area contributed by atoms with E-state index in [1.165, 1.54) is 131 Å². The molecule has 0 atom stereocenters. The van der Waals surface area contributed by atoms with Crippen LogP contribution in [0.2, 0.25) is 0 Å². The molecule has 0 spiro atoms. The molecule has 300 valence electrons. The molecule has 0 aliphatic heterocycles. The van der Waals surface area contributed by atoms with Crippen molar-refractivity contribution in [1.29, 1.82) is 0 Å². The molecule has 1 aromatic heterocycles. The van der Waals surface area contributed by atoms with Gasteiger partial charge in [0.05, 0.1) is 11.0 Å². The smallest absolute Gasteiger partial charge is 0.0547 e. The van der Waals surface area contributed by atoms with Crippen LogP contribution >= 0.6 is 0 Å². The highest BCUT2D eigenvalue weighted by Crippen LogP contribution is 2.47. The number of fused-ring (bicyclic) bond motifs is 5. The van der Waals surface area contributed by atoms with Gasteiger partial charge in [-0.2, -0.15) is 0 Å². The highest BCUT2D eigenvalue weighted by atomic mass is 15.0. The van der Waals surface area contributed by atoms with Gasteiger partial charge in [-0.15, -0.1) is 0 Å². The van der Waals surface area contributed by atoms with Crippen LogP contribution in [0.1, 0.15) is 52.7 Å². The molecule has 0 bridgehead atoms. The Bertz CT molecular complexity index is 4020. The molecule has 0 radical (unpaired) electrons. The molecule has 0 amide bonds. The topological polar surface area (TPSA) is 4.93 Å². The Kier molecular flexibility index (Phi) is 7.33. The summed E-state index contributed by atoms with van der Waals surface area (Å²) in [5.41, 5.74) is 11.5. The van der Waals surface area contributed by atoms with E-state index in [2.05, 4.69) is 222 Å². The molecule has 12 aromatic carbocycles. The lowest BCUT2D eigenvalue weighted by atomic mass is 9.80. The van der Waals surface area contributed by atoms with E-state index in [0.717, 1.165) is 5.69 Å². The molecule has 1 nitrogen and oxygen atoms in total. The zero-order chi connectivity index (χ0) is 42.5. The second-order valence-corrected chi connectivity index (χ2v) is 20.1. The average Bonchev–Trinajstić information content (AvgIpc) is 3.63. The molecular weight excluding hydrogens is 759 g/mol. The number of aromatic nitrogens is 1. The van der Waals surface area contributed by atoms with Crippen molar-refractivity contribution in [3.8, 4) is 27.9 Å². The van der Waals surface area contributed by atoms with Gasteiger partial charge in [-0.1, -0.05) is 193 Å². The largest absolute Gasteiger partial charge is 0.309 e. The van der Waals surface area contributed by atoms with Crippen molar-refractivity contribution in [3.05, 3.63) is 187 Å². The molecule has 0 fully saturated rings. The predicted octanol–water partition coefficient (Wildman–Crippen LogP) is 17.7. The van der Waals surface area contributed by atoms with E-state index in [9.17, 15) is 0 Å². The third-order valence-corrected chi connectivity index (χ3v) is 14.3. The van der Waals surface area contributed by atoms with Crippen molar-refractivity contribution in [2.45, 2.75) is 52.4 Å². The van der Waals surface area contributed by atoms with E-state index in [-0.39, 0.29) is 10.8 Å². The molecule has 1 heteroatoms. The fourth-order valence-electron chi connectivity index (χ4n) is 11.5. The van der Waals surface area contributed by atoms with Gasteiger partial charge in [0.15, 0.2) is 0 Å². The Morgan fingerprint density at radius 3 is 1.38 bits per heavy atom. The Morgan fingerprint density at radius 2 is 0.778 bits per heavy atom. The summed E-state index contributed by atoms with van der Waals surface area (Å²) in [4.78, 5) is 0. The van der Waals surface area contributed by atoms with E-state index in [0.29, 0.717) is 0 Å². The molecule has 1 heterocycles. The second kappa shape index (κ2) is 12.7. The van der Waals surface area contributed by atoms with Crippen LogP contribution in [0, 0.1) is 0 Å². The summed E-state index contributed by atoms with van der Waals surface area (Å²) >= 11 is 0. The van der Waals surface area contributed by atoms with Gasteiger partial charge in [0.2, 0.25) is 0 Å². The molecule has 0 aliphatic rings. The Morgan fingerprint density at radius 1 is 0.302 bits per heavy atom. The molecule has 0 saturated heterocycles. The first-order valence-corrected chi connectivity index (χ1v) is 22.5. The minimum atomic E-state index is 0.0459. The summed E-state index contributed by atoms with van der Waals surface area (Å²) in [6.07, 6.45) is 0.